The van der Waals surface area contributed by atoms with Gasteiger partial charge in [-0.2, -0.15) is 0 Å². The molecule has 0 spiro atoms. The van der Waals surface area contributed by atoms with Gasteiger partial charge in [-0.05, 0) is 63.1 Å². The molecule has 1 unspecified atom stereocenters. The molecule has 0 radical (unpaired) electrons. The summed E-state index contributed by atoms with van der Waals surface area (Å²) in [7, 11) is 1.83. The van der Waals surface area contributed by atoms with Gasteiger partial charge < -0.3 is 15.0 Å². The van der Waals surface area contributed by atoms with Crippen molar-refractivity contribution in [3.05, 3.63) is 0 Å². The van der Waals surface area contributed by atoms with E-state index < -0.39 is 0 Å². The molecule has 2 aliphatic rings. The average molecular weight is 268 g/mol. The quantitative estimate of drug-likeness (QED) is 0.801. The fourth-order valence-electron chi connectivity index (χ4n) is 4.01. The Balaban J connectivity index is 1.81. The molecule has 112 valence electrons. The zero-order valence-corrected chi connectivity index (χ0v) is 12.9. The van der Waals surface area contributed by atoms with Gasteiger partial charge in [-0.25, -0.2) is 0 Å². The third kappa shape index (κ3) is 4.44. The van der Waals surface area contributed by atoms with Crippen LogP contribution in [0.25, 0.3) is 0 Å². The van der Waals surface area contributed by atoms with Crippen molar-refractivity contribution in [3.63, 3.8) is 0 Å². The maximum absolute atomic E-state index is 5.30. The van der Waals surface area contributed by atoms with Crippen molar-refractivity contribution in [1.29, 1.82) is 0 Å². The number of hydrogen-bond donors (Lipinski definition) is 1. The topological polar surface area (TPSA) is 24.5 Å². The van der Waals surface area contributed by atoms with Crippen molar-refractivity contribution >= 4 is 0 Å². The predicted molar refractivity (Wildman–Crippen MR) is 80.5 cm³/mol. The zero-order chi connectivity index (χ0) is 13.6. The Morgan fingerprint density at radius 2 is 2.11 bits per heavy atom. The van der Waals surface area contributed by atoms with Gasteiger partial charge in [-0.1, -0.05) is 13.3 Å². The number of methoxy groups -OCH3 is 1. The summed E-state index contributed by atoms with van der Waals surface area (Å²) in [5.41, 5.74) is 0.557. The van der Waals surface area contributed by atoms with Gasteiger partial charge in [0, 0.05) is 26.8 Å². The van der Waals surface area contributed by atoms with E-state index in [9.17, 15) is 0 Å². The second kappa shape index (κ2) is 7.61. The Morgan fingerprint density at radius 1 is 1.32 bits per heavy atom. The maximum Gasteiger partial charge on any atom is 0.0491 e. The molecular weight excluding hydrogens is 236 g/mol. The van der Waals surface area contributed by atoms with Gasteiger partial charge in [0.2, 0.25) is 0 Å². The van der Waals surface area contributed by atoms with Crippen LogP contribution >= 0.6 is 0 Å². The van der Waals surface area contributed by atoms with Gasteiger partial charge in [0.05, 0.1) is 0 Å². The van der Waals surface area contributed by atoms with Crippen molar-refractivity contribution in [3.8, 4) is 0 Å². The third-order valence-corrected chi connectivity index (χ3v) is 5.01. The molecule has 2 rings (SSSR count). The van der Waals surface area contributed by atoms with Gasteiger partial charge in [-0.3, -0.25) is 0 Å². The molecule has 2 saturated heterocycles. The van der Waals surface area contributed by atoms with E-state index in [1.165, 1.54) is 71.2 Å². The molecule has 0 bridgehead atoms. The summed E-state index contributed by atoms with van der Waals surface area (Å²) < 4.78 is 5.30. The largest absolute Gasteiger partial charge is 0.384 e. The van der Waals surface area contributed by atoms with Crippen LogP contribution in [0.15, 0.2) is 0 Å². The second-order valence-corrected chi connectivity index (χ2v) is 6.71. The maximum atomic E-state index is 5.30. The highest BCUT2D eigenvalue weighted by molar-refractivity contribution is 4.89. The summed E-state index contributed by atoms with van der Waals surface area (Å²) in [5, 5.41) is 3.63. The van der Waals surface area contributed by atoms with E-state index in [0.29, 0.717) is 5.41 Å². The van der Waals surface area contributed by atoms with Crippen LogP contribution in [0, 0.1) is 11.3 Å². The van der Waals surface area contributed by atoms with Crippen molar-refractivity contribution < 1.29 is 4.74 Å². The fraction of sp³-hybridized carbons (Fsp3) is 1.00. The summed E-state index contributed by atoms with van der Waals surface area (Å²) in [6.45, 7) is 9.61. The van der Waals surface area contributed by atoms with E-state index in [1.54, 1.807) is 0 Å². The number of hydrogen-bond acceptors (Lipinski definition) is 3. The lowest BCUT2D eigenvalue weighted by atomic mass is 9.76. The summed E-state index contributed by atoms with van der Waals surface area (Å²) in [6.07, 6.45) is 8.14. The highest BCUT2D eigenvalue weighted by Gasteiger charge is 2.34. The van der Waals surface area contributed by atoms with Crippen molar-refractivity contribution in [2.24, 2.45) is 11.3 Å². The van der Waals surface area contributed by atoms with Crippen molar-refractivity contribution in [2.75, 3.05) is 46.4 Å². The molecule has 3 heteroatoms. The number of nitrogens with one attached hydrogen (secondary N) is 1. The van der Waals surface area contributed by atoms with E-state index in [0.717, 1.165) is 12.5 Å². The van der Waals surface area contributed by atoms with Crippen LogP contribution in [0.1, 0.15) is 45.4 Å². The lowest BCUT2D eigenvalue weighted by molar-refractivity contribution is 0.0585. The van der Waals surface area contributed by atoms with E-state index >= 15 is 0 Å². The molecule has 1 atom stereocenters. The Kier molecular flexibility index (Phi) is 6.11. The molecule has 0 aliphatic carbocycles. The summed E-state index contributed by atoms with van der Waals surface area (Å²) in [5.74, 6) is 0.799. The van der Waals surface area contributed by atoms with Crippen molar-refractivity contribution in [1.82, 2.24) is 10.2 Å². The number of rotatable bonds is 6. The van der Waals surface area contributed by atoms with Gasteiger partial charge in [0.25, 0.3) is 0 Å². The summed E-state index contributed by atoms with van der Waals surface area (Å²) in [4.78, 5) is 2.72. The van der Waals surface area contributed by atoms with Crippen LogP contribution in [0.3, 0.4) is 0 Å². The van der Waals surface area contributed by atoms with Crippen LogP contribution in [0.4, 0.5) is 0 Å². The number of ether oxygens (including phenoxy) is 1. The van der Waals surface area contributed by atoms with Crippen molar-refractivity contribution in [2.45, 2.75) is 45.4 Å². The SMILES string of the molecule is CCCC1(CN2CCC(COC)CC2)CCCNC1. The molecule has 0 saturated carbocycles. The van der Waals surface area contributed by atoms with Crippen LogP contribution in [0.5, 0.6) is 0 Å². The minimum absolute atomic E-state index is 0.557. The first-order valence-electron chi connectivity index (χ1n) is 8.20. The van der Waals surface area contributed by atoms with Gasteiger partial charge in [-0.15, -0.1) is 0 Å². The van der Waals surface area contributed by atoms with Gasteiger partial charge in [0.1, 0.15) is 0 Å². The van der Waals surface area contributed by atoms with E-state index in [4.69, 9.17) is 4.74 Å². The molecule has 19 heavy (non-hydrogen) atoms. The molecular formula is C16H32N2O. The van der Waals surface area contributed by atoms with Crippen LogP contribution in [-0.2, 0) is 4.74 Å². The lowest BCUT2D eigenvalue weighted by Crippen LogP contribution is -2.49. The first kappa shape index (κ1) is 15.3. The highest BCUT2D eigenvalue weighted by Crippen LogP contribution is 2.33. The summed E-state index contributed by atoms with van der Waals surface area (Å²) >= 11 is 0. The summed E-state index contributed by atoms with van der Waals surface area (Å²) in [6, 6.07) is 0. The molecule has 0 aromatic rings. The van der Waals surface area contributed by atoms with E-state index in [-0.39, 0.29) is 0 Å². The minimum Gasteiger partial charge on any atom is -0.384 e. The highest BCUT2D eigenvalue weighted by atomic mass is 16.5. The lowest BCUT2D eigenvalue weighted by Gasteiger charge is -2.43. The Morgan fingerprint density at radius 3 is 2.68 bits per heavy atom. The smallest absolute Gasteiger partial charge is 0.0491 e. The average Bonchev–Trinajstić information content (AvgIpc) is 2.43. The molecule has 3 nitrogen and oxygen atoms in total. The second-order valence-electron chi connectivity index (χ2n) is 6.71. The first-order chi connectivity index (χ1) is 9.28. The number of likely N-dealkylation sites (tertiary alicyclic amines) is 1. The van der Waals surface area contributed by atoms with E-state index in [1.807, 2.05) is 7.11 Å². The normalized spacial score (nSPS) is 30.6. The molecule has 2 fully saturated rings. The molecule has 0 aromatic heterocycles. The molecule has 2 aliphatic heterocycles. The zero-order valence-electron chi connectivity index (χ0n) is 12.9. The molecule has 0 amide bonds. The number of nitrogens with zero attached hydrogens (tertiary/aromatic N) is 1. The van der Waals surface area contributed by atoms with E-state index in [2.05, 4.69) is 17.1 Å². The predicted octanol–water partition coefficient (Wildman–Crippen LogP) is 2.51. The number of piperidine rings is 2. The van der Waals surface area contributed by atoms with Gasteiger partial charge >= 0.3 is 0 Å². The van der Waals surface area contributed by atoms with Gasteiger partial charge in [0.15, 0.2) is 0 Å². The molecule has 0 aromatic carbocycles. The fourth-order valence-corrected chi connectivity index (χ4v) is 4.01. The van der Waals surface area contributed by atoms with Crippen LogP contribution in [0.2, 0.25) is 0 Å². The Hall–Kier alpha value is -0.120. The Labute approximate surface area is 119 Å². The minimum atomic E-state index is 0.557. The first-order valence-corrected chi connectivity index (χ1v) is 8.20. The molecule has 2 heterocycles. The Bertz CT molecular complexity index is 238. The third-order valence-electron chi connectivity index (χ3n) is 5.01. The standard InChI is InChI=1S/C16H32N2O/c1-3-7-16(8-4-9-17-13-16)14-18-10-5-15(6-11-18)12-19-2/h15,17H,3-14H2,1-2H3. The monoisotopic (exact) mass is 268 g/mol. The van der Waals surface area contributed by atoms with Crippen LogP contribution in [-0.4, -0.2) is 51.3 Å². The molecule has 1 N–H and O–H groups in total. The van der Waals surface area contributed by atoms with Crippen LogP contribution < -0.4 is 5.32 Å².